The smallest absolute Gasteiger partial charge is 0.340 e. The fourth-order valence-corrected chi connectivity index (χ4v) is 4.12. The number of nitrogens with zero attached hydrogens (tertiary/aromatic N) is 4. The number of carbonyl (C=O) groups is 2. The van der Waals surface area contributed by atoms with Gasteiger partial charge in [0, 0.05) is 5.56 Å². The fourth-order valence-electron chi connectivity index (χ4n) is 4.12. The van der Waals surface area contributed by atoms with Crippen molar-refractivity contribution in [3.05, 3.63) is 94.3 Å². The van der Waals surface area contributed by atoms with Crippen molar-refractivity contribution in [2.24, 2.45) is 0 Å². The number of amides is 1. The minimum absolute atomic E-state index is 0.115. The third kappa shape index (κ3) is 4.11. The molecule has 9 heteroatoms. The molecule has 0 radical (unpaired) electrons. The Hall–Kier alpha value is -4.79. The Balaban J connectivity index is 1.56. The van der Waals surface area contributed by atoms with Crippen molar-refractivity contribution in [3.8, 4) is 11.4 Å². The lowest BCUT2D eigenvalue weighted by Gasteiger charge is -2.14. The molecule has 36 heavy (non-hydrogen) atoms. The summed E-state index contributed by atoms with van der Waals surface area (Å²) < 4.78 is 8.15. The van der Waals surface area contributed by atoms with E-state index in [4.69, 9.17) is 4.74 Å². The molecule has 0 saturated carbocycles. The second-order valence-electron chi connectivity index (χ2n) is 8.24. The Bertz CT molecular complexity index is 1670. The maximum absolute atomic E-state index is 13.5. The molecule has 1 amide bonds. The molecule has 9 nitrogen and oxygen atoms in total. The Kier molecular flexibility index (Phi) is 6.03. The number of para-hydroxylation sites is 3. The number of ether oxygens (including phenoxy) is 1. The highest BCUT2D eigenvalue weighted by molar-refractivity contribution is 6.01. The first-order chi connectivity index (χ1) is 17.5. The molecular weight excluding hydrogens is 458 g/mol. The Morgan fingerprint density at radius 2 is 1.61 bits per heavy atom. The highest BCUT2D eigenvalue weighted by atomic mass is 16.5. The Labute approximate surface area is 206 Å². The molecular formula is C27H23N5O4. The van der Waals surface area contributed by atoms with Crippen molar-refractivity contribution in [1.82, 2.24) is 19.2 Å². The second kappa shape index (κ2) is 9.46. The van der Waals surface area contributed by atoms with Gasteiger partial charge in [-0.15, -0.1) is 10.2 Å². The molecule has 0 aliphatic carbocycles. The predicted molar refractivity (Wildman–Crippen MR) is 136 cm³/mol. The van der Waals surface area contributed by atoms with Crippen LogP contribution in [-0.2, 0) is 16.1 Å². The zero-order valence-electron chi connectivity index (χ0n) is 19.8. The first kappa shape index (κ1) is 23.0. The number of hydrogen-bond donors (Lipinski definition) is 1. The third-order valence-electron chi connectivity index (χ3n) is 5.82. The zero-order chi connectivity index (χ0) is 25.2. The van der Waals surface area contributed by atoms with Gasteiger partial charge in [-0.3, -0.25) is 18.6 Å². The number of anilines is 1. The van der Waals surface area contributed by atoms with Crippen LogP contribution >= 0.6 is 0 Å². The van der Waals surface area contributed by atoms with Gasteiger partial charge in [0.1, 0.15) is 6.54 Å². The number of benzene rings is 3. The Morgan fingerprint density at radius 1 is 0.917 bits per heavy atom. The van der Waals surface area contributed by atoms with Crippen molar-refractivity contribution in [3.63, 3.8) is 0 Å². The lowest BCUT2D eigenvalue weighted by atomic mass is 10.1. The van der Waals surface area contributed by atoms with Crippen LogP contribution in [0.2, 0.25) is 0 Å². The molecule has 1 N–H and O–H groups in total. The SMILES string of the molecule is CCOC(=O)c1ccccc1NC(=O)Cn1c(=O)c2nnc(-c3ccc(C)cc3)n2c2ccccc21. The molecule has 0 atom stereocenters. The van der Waals surface area contributed by atoms with E-state index < -0.39 is 17.4 Å². The zero-order valence-corrected chi connectivity index (χ0v) is 19.8. The van der Waals surface area contributed by atoms with Crippen LogP contribution < -0.4 is 10.9 Å². The van der Waals surface area contributed by atoms with E-state index in [9.17, 15) is 14.4 Å². The molecule has 0 aliphatic rings. The summed E-state index contributed by atoms with van der Waals surface area (Å²) in [4.78, 5) is 38.8. The summed E-state index contributed by atoms with van der Waals surface area (Å²) in [6.45, 7) is 3.64. The molecule has 5 rings (SSSR count). The molecule has 0 saturated heterocycles. The molecule has 2 heterocycles. The summed E-state index contributed by atoms with van der Waals surface area (Å²) in [6, 6.07) is 21.7. The third-order valence-corrected chi connectivity index (χ3v) is 5.82. The topological polar surface area (TPSA) is 108 Å². The van der Waals surface area contributed by atoms with Gasteiger partial charge in [0.05, 0.1) is 28.9 Å². The molecule has 2 aromatic heterocycles. The van der Waals surface area contributed by atoms with E-state index in [0.29, 0.717) is 22.5 Å². The van der Waals surface area contributed by atoms with Crippen LogP contribution in [0.1, 0.15) is 22.8 Å². The average molecular weight is 482 g/mol. The number of fused-ring (bicyclic) bond motifs is 3. The lowest BCUT2D eigenvalue weighted by molar-refractivity contribution is -0.116. The molecule has 0 unspecified atom stereocenters. The lowest BCUT2D eigenvalue weighted by Crippen LogP contribution is -2.30. The van der Waals surface area contributed by atoms with Gasteiger partial charge in [0.2, 0.25) is 11.6 Å². The molecule has 180 valence electrons. The van der Waals surface area contributed by atoms with Gasteiger partial charge in [0.15, 0.2) is 5.82 Å². The normalized spacial score (nSPS) is 11.1. The van der Waals surface area contributed by atoms with Gasteiger partial charge in [0.25, 0.3) is 5.56 Å². The predicted octanol–water partition coefficient (Wildman–Crippen LogP) is 3.84. The van der Waals surface area contributed by atoms with Gasteiger partial charge < -0.3 is 10.1 Å². The van der Waals surface area contributed by atoms with E-state index in [-0.39, 0.29) is 24.4 Å². The van der Waals surface area contributed by atoms with Crippen LogP contribution in [0.15, 0.2) is 77.6 Å². The van der Waals surface area contributed by atoms with Crippen molar-refractivity contribution in [1.29, 1.82) is 0 Å². The maximum Gasteiger partial charge on any atom is 0.340 e. The summed E-state index contributed by atoms with van der Waals surface area (Å²) in [5.41, 5.74) is 3.38. The van der Waals surface area contributed by atoms with Crippen molar-refractivity contribution in [2.75, 3.05) is 11.9 Å². The number of aromatic nitrogens is 4. The molecule has 0 spiro atoms. The van der Waals surface area contributed by atoms with E-state index in [1.807, 2.05) is 43.3 Å². The molecule has 0 fully saturated rings. The van der Waals surface area contributed by atoms with Crippen LogP contribution in [-0.4, -0.2) is 37.6 Å². The average Bonchev–Trinajstić information content (AvgIpc) is 3.33. The molecule has 5 aromatic rings. The molecule has 3 aromatic carbocycles. The monoisotopic (exact) mass is 481 g/mol. The standard InChI is InChI=1S/C27H23N5O4/c1-3-36-27(35)19-8-4-5-9-20(19)28-23(33)16-31-21-10-6-7-11-22(21)32-24(29-30-25(32)26(31)34)18-14-12-17(2)13-15-18/h4-15H,3,16H2,1-2H3,(H,28,33). The van der Waals surface area contributed by atoms with Crippen molar-refractivity contribution >= 4 is 34.2 Å². The van der Waals surface area contributed by atoms with Gasteiger partial charge in [-0.05, 0) is 38.1 Å². The van der Waals surface area contributed by atoms with Gasteiger partial charge in [-0.2, -0.15) is 0 Å². The minimum atomic E-state index is -0.537. The van der Waals surface area contributed by atoms with E-state index in [1.165, 1.54) is 4.57 Å². The number of carbonyl (C=O) groups excluding carboxylic acids is 2. The molecule has 0 aliphatic heterocycles. The largest absolute Gasteiger partial charge is 0.462 e. The number of rotatable bonds is 6. The number of nitrogens with one attached hydrogen (secondary N) is 1. The minimum Gasteiger partial charge on any atom is -0.462 e. The van der Waals surface area contributed by atoms with E-state index >= 15 is 0 Å². The van der Waals surface area contributed by atoms with Crippen LogP contribution in [0, 0.1) is 6.92 Å². The summed E-state index contributed by atoms with van der Waals surface area (Å²) in [7, 11) is 0. The highest BCUT2D eigenvalue weighted by Gasteiger charge is 2.20. The van der Waals surface area contributed by atoms with Gasteiger partial charge in [-0.25, -0.2) is 4.79 Å². The first-order valence-corrected chi connectivity index (χ1v) is 11.5. The summed E-state index contributed by atoms with van der Waals surface area (Å²) >= 11 is 0. The molecule has 0 bridgehead atoms. The van der Waals surface area contributed by atoms with E-state index in [0.717, 1.165) is 11.1 Å². The van der Waals surface area contributed by atoms with Crippen molar-refractivity contribution < 1.29 is 14.3 Å². The van der Waals surface area contributed by atoms with Crippen LogP contribution in [0.4, 0.5) is 5.69 Å². The summed E-state index contributed by atoms with van der Waals surface area (Å²) in [6.07, 6.45) is 0. The van der Waals surface area contributed by atoms with Gasteiger partial charge >= 0.3 is 5.97 Å². The number of aryl methyl sites for hydroxylation is 1. The highest BCUT2D eigenvalue weighted by Crippen LogP contribution is 2.23. The van der Waals surface area contributed by atoms with Crippen LogP contribution in [0.3, 0.4) is 0 Å². The van der Waals surface area contributed by atoms with Crippen molar-refractivity contribution in [2.45, 2.75) is 20.4 Å². The van der Waals surface area contributed by atoms with E-state index in [1.54, 1.807) is 47.7 Å². The van der Waals surface area contributed by atoms with Gasteiger partial charge in [-0.1, -0.05) is 54.1 Å². The van der Waals surface area contributed by atoms with E-state index in [2.05, 4.69) is 15.5 Å². The van der Waals surface area contributed by atoms with Crippen LogP contribution in [0.5, 0.6) is 0 Å². The second-order valence-corrected chi connectivity index (χ2v) is 8.24. The quantitative estimate of drug-likeness (QED) is 0.369. The number of esters is 1. The summed E-state index contributed by atoms with van der Waals surface area (Å²) in [5.74, 6) is -0.468. The summed E-state index contributed by atoms with van der Waals surface area (Å²) in [5, 5.41) is 11.2. The maximum atomic E-state index is 13.5. The Morgan fingerprint density at radius 3 is 2.36 bits per heavy atom. The number of hydrogen-bond acceptors (Lipinski definition) is 6. The van der Waals surface area contributed by atoms with Crippen LogP contribution in [0.25, 0.3) is 28.1 Å². The first-order valence-electron chi connectivity index (χ1n) is 11.5. The fraction of sp³-hybridized carbons (Fsp3) is 0.148.